The zero-order valence-electron chi connectivity index (χ0n) is 13.5. The fourth-order valence-corrected chi connectivity index (χ4v) is 3.13. The smallest absolute Gasteiger partial charge is 0.374 e. The molecular weight excluding hydrogens is 274 g/mol. The molecule has 0 fully saturated rings. The van der Waals surface area contributed by atoms with Gasteiger partial charge in [0.25, 0.3) is 0 Å². The summed E-state index contributed by atoms with van der Waals surface area (Å²) < 4.78 is 17.6. The molecule has 1 N–H and O–H groups in total. The number of hydrogen-bond acceptors (Lipinski definition) is 5. The van der Waals surface area contributed by atoms with E-state index in [-0.39, 0.29) is 0 Å². The Labute approximate surface area is 124 Å². The van der Waals surface area contributed by atoms with Crippen molar-refractivity contribution in [1.82, 2.24) is 0 Å². The first-order valence-electron chi connectivity index (χ1n) is 7.55. The molecular formula is C14H31NO4Si. The summed E-state index contributed by atoms with van der Waals surface area (Å²) in [6.45, 7) is 10.8. The van der Waals surface area contributed by atoms with Crippen LogP contribution in [0.25, 0.3) is 0 Å². The Balaban J connectivity index is 0. The summed E-state index contributed by atoms with van der Waals surface area (Å²) in [5.74, 6) is 0. The van der Waals surface area contributed by atoms with Gasteiger partial charge in [-0.05, 0) is 19.3 Å². The van der Waals surface area contributed by atoms with Crippen molar-refractivity contribution in [2.75, 3.05) is 19.8 Å². The maximum atomic E-state index is 8.35. The summed E-state index contributed by atoms with van der Waals surface area (Å²) in [5, 5.41) is 5.40. The van der Waals surface area contributed by atoms with Crippen molar-refractivity contribution in [2.45, 2.75) is 65.8 Å². The molecule has 0 saturated carbocycles. The summed E-state index contributed by atoms with van der Waals surface area (Å²) in [5.41, 5.74) is 0. The number of unbranched alkanes of at least 4 members (excludes halogenated alkanes) is 3. The molecule has 0 aliphatic carbocycles. The minimum absolute atomic E-state index is 0.750. The first-order chi connectivity index (χ1) is 9.60. The lowest BCUT2D eigenvalue weighted by Gasteiger charge is -2.26. The van der Waals surface area contributed by atoms with Gasteiger partial charge >= 0.3 is 8.80 Å². The van der Waals surface area contributed by atoms with Gasteiger partial charge in [-0.3, -0.25) is 0 Å². The van der Waals surface area contributed by atoms with Gasteiger partial charge < -0.3 is 13.3 Å². The Morgan fingerprint density at radius 1 is 0.850 bits per heavy atom. The van der Waals surface area contributed by atoms with Gasteiger partial charge in [-0.2, -0.15) is 0 Å². The van der Waals surface area contributed by atoms with E-state index in [9.17, 15) is 0 Å². The molecule has 0 aromatic heterocycles. The zero-order valence-corrected chi connectivity index (χ0v) is 14.5. The van der Waals surface area contributed by atoms with Crippen molar-refractivity contribution in [3.63, 3.8) is 0 Å². The third-order valence-corrected chi connectivity index (χ3v) is 4.77. The second-order valence-electron chi connectivity index (χ2n) is 4.57. The van der Waals surface area contributed by atoms with Crippen LogP contribution >= 0.6 is 0 Å². The van der Waals surface area contributed by atoms with Gasteiger partial charge in [0.15, 0.2) is 0 Å². The molecule has 20 heavy (non-hydrogen) atoms. The van der Waals surface area contributed by atoms with Gasteiger partial charge in [0.1, 0.15) is 0 Å². The third-order valence-electron chi connectivity index (χ3n) is 2.59. The lowest BCUT2D eigenvalue weighted by atomic mass is 10.4. The molecule has 6 heteroatoms. The van der Waals surface area contributed by atoms with E-state index >= 15 is 0 Å². The van der Waals surface area contributed by atoms with Gasteiger partial charge in [-0.15, -0.1) is 0 Å². The molecule has 0 spiro atoms. The Bertz CT molecular complexity index is 207. The van der Waals surface area contributed by atoms with Crippen LogP contribution in [-0.2, 0) is 18.1 Å². The molecule has 5 nitrogen and oxygen atoms in total. The second kappa shape index (κ2) is 16.5. The van der Waals surface area contributed by atoms with Crippen molar-refractivity contribution < 1.29 is 18.1 Å². The summed E-state index contributed by atoms with van der Waals surface area (Å²) in [4.78, 5) is 8.35. The highest BCUT2D eigenvalue weighted by Crippen LogP contribution is 2.12. The van der Waals surface area contributed by atoms with Crippen LogP contribution < -0.4 is 0 Å². The number of rotatable bonds is 12. The van der Waals surface area contributed by atoms with Crippen molar-refractivity contribution in [2.24, 2.45) is 0 Å². The molecule has 0 aromatic rings. The molecule has 0 rings (SSSR count). The first kappa shape index (κ1) is 21.8. The zero-order chi connectivity index (χ0) is 15.7. The summed E-state index contributed by atoms with van der Waals surface area (Å²) in [6.07, 6.45) is 7.43. The molecule has 0 unspecified atom stereocenters. The predicted octanol–water partition coefficient (Wildman–Crippen LogP) is 3.91. The number of hydrogen-bond donors (Lipinski definition) is 1. The Kier molecular flexibility index (Phi) is 18.0. The van der Waals surface area contributed by atoms with Gasteiger partial charge in [0.2, 0.25) is 6.08 Å². The Hall–Kier alpha value is -0.523. The van der Waals surface area contributed by atoms with Crippen LogP contribution in [0.1, 0.15) is 59.3 Å². The Morgan fingerprint density at radius 2 is 1.10 bits per heavy atom. The van der Waals surface area contributed by atoms with Crippen LogP contribution in [0.4, 0.5) is 0 Å². The maximum absolute atomic E-state index is 8.35. The monoisotopic (exact) mass is 305 g/mol. The standard InChI is InChI=1S/C13H30O3Si.CHNO/c1-5-8-11-14-17(4,15-12-9-6-2)16-13-10-7-3;2-1-3/h5-13H2,1-4H3;2H. The van der Waals surface area contributed by atoms with E-state index in [0.29, 0.717) is 0 Å². The van der Waals surface area contributed by atoms with Gasteiger partial charge in [0, 0.05) is 26.4 Å². The topological polar surface area (TPSA) is 68.6 Å². The number of isocyanates is 1. The van der Waals surface area contributed by atoms with Crippen LogP contribution in [0.15, 0.2) is 0 Å². The normalized spacial score (nSPS) is 10.6. The van der Waals surface area contributed by atoms with E-state index in [1.54, 1.807) is 0 Å². The molecule has 120 valence electrons. The van der Waals surface area contributed by atoms with Gasteiger partial charge in [-0.1, -0.05) is 40.0 Å². The number of carbonyl (C=O) groups excluding carboxylic acids is 1. The predicted molar refractivity (Wildman–Crippen MR) is 82.6 cm³/mol. The van der Waals surface area contributed by atoms with Crippen molar-refractivity contribution >= 4 is 14.9 Å². The van der Waals surface area contributed by atoms with Crippen LogP contribution in [-0.4, -0.2) is 34.7 Å². The Morgan fingerprint density at radius 3 is 1.30 bits per heavy atom. The second-order valence-corrected chi connectivity index (χ2v) is 7.16. The first-order valence-corrected chi connectivity index (χ1v) is 9.78. The molecule has 0 saturated heterocycles. The minimum Gasteiger partial charge on any atom is -0.374 e. The van der Waals surface area contributed by atoms with E-state index in [4.69, 9.17) is 23.5 Å². The highest BCUT2D eigenvalue weighted by atomic mass is 28.4. The number of nitrogens with one attached hydrogen (secondary N) is 1. The van der Waals surface area contributed by atoms with Crippen molar-refractivity contribution in [3.05, 3.63) is 0 Å². The largest absolute Gasteiger partial charge is 0.497 e. The summed E-state index contributed by atoms with van der Waals surface area (Å²) in [6, 6.07) is 0. The van der Waals surface area contributed by atoms with E-state index in [0.717, 1.165) is 64.4 Å². The van der Waals surface area contributed by atoms with Crippen LogP contribution in [0, 0.1) is 5.41 Å². The highest BCUT2D eigenvalue weighted by Gasteiger charge is 2.34. The summed E-state index contributed by atoms with van der Waals surface area (Å²) >= 11 is 0. The van der Waals surface area contributed by atoms with Gasteiger partial charge in [-0.25, -0.2) is 10.2 Å². The molecule has 0 atom stereocenters. The molecule has 0 aliphatic heterocycles. The molecule has 0 amide bonds. The van der Waals surface area contributed by atoms with Crippen LogP contribution in [0.2, 0.25) is 6.55 Å². The molecule has 0 aliphatic rings. The molecule has 0 radical (unpaired) electrons. The lowest BCUT2D eigenvalue weighted by Crippen LogP contribution is -2.43. The minimum atomic E-state index is -2.36. The molecule has 0 aromatic carbocycles. The average Bonchev–Trinajstić information content (AvgIpc) is 2.41. The average molecular weight is 305 g/mol. The maximum Gasteiger partial charge on any atom is 0.497 e. The summed E-state index contributed by atoms with van der Waals surface area (Å²) in [7, 11) is -2.36. The van der Waals surface area contributed by atoms with E-state index in [1.165, 1.54) is 0 Å². The molecule has 0 bridgehead atoms. The van der Waals surface area contributed by atoms with Crippen molar-refractivity contribution in [1.29, 1.82) is 5.41 Å². The van der Waals surface area contributed by atoms with Gasteiger partial charge in [0.05, 0.1) is 0 Å². The van der Waals surface area contributed by atoms with E-state index in [2.05, 4.69) is 20.8 Å². The van der Waals surface area contributed by atoms with E-state index < -0.39 is 8.80 Å². The van der Waals surface area contributed by atoms with Crippen LogP contribution in [0.5, 0.6) is 0 Å². The lowest BCUT2D eigenvalue weighted by molar-refractivity contribution is 0.0628. The highest BCUT2D eigenvalue weighted by molar-refractivity contribution is 6.59. The fourth-order valence-electron chi connectivity index (χ4n) is 1.33. The van der Waals surface area contributed by atoms with Crippen molar-refractivity contribution in [3.8, 4) is 0 Å². The SMILES string of the molecule is CCCCO[Si](C)(OCCCC)OCCCC.N=C=O. The third kappa shape index (κ3) is 15.5. The van der Waals surface area contributed by atoms with Crippen LogP contribution in [0.3, 0.4) is 0 Å². The fraction of sp³-hybridized carbons (Fsp3) is 0.929. The van der Waals surface area contributed by atoms with E-state index in [1.807, 2.05) is 6.55 Å². The molecule has 0 heterocycles. The quantitative estimate of drug-likeness (QED) is 0.257.